The van der Waals surface area contributed by atoms with Crippen LogP contribution in [0, 0.1) is 0 Å². The van der Waals surface area contributed by atoms with Crippen LogP contribution in [-0.4, -0.2) is 0 Å². The molecule has 22 aromatic rings. The molecule has 0 aromatic heterocycles. The quantitative estimate of drug-likeness (QED) is 0.136. The van der Waals surface area contributed by atoms with Gasteiger partial charge in [-0.05, 0) is 244 Å². The average molecular weight is 1810 g/mol. The van der Waals surface area contributed by atoms with Gasteiger partial charge in [-0.3, -0.25) is 0 Å². The molecule has 142 heavy (non-hydrogen) atoms. The average Bonchev–Trinajstić information content (AvgIpc) is 1.53. The fourth-order valence-corrected chi connectivity index (χ4v) is 25.6. The van der Waals surface area contributed by atoms with E-state index in [2.05, 4.69) is 532 Å². The molecule has 0 unspecified atom stereocenters. The highest BCUT2D eigenvalue weighted by Gasteiger charge is 2.57. The number of hydrogen-bond acceptors (Lipinski definition) is 6. The molecule has 0 atom stereocenters. The van der Waals surface area contributed by atoms with Crippen LogP contribution in [-0.2, 0) is 21.7 Å². The third-order valence-electron chi connectivity index (χ3n) is 31.2. The Kier molecular flexibility index (Phi) is 18.0. The number of para-hydroxylation sites is 10. The van der Waals surface area contributed by atoms with E-state index in [0.29, 0.717) is 0 Å². The molecular formula is C136H86N2O4. The van der Waals surface area contributed by atoms with Crippen LogP contribution in [0.1, 0.15) is 89.0 Å². The fraction of sp³-hybridized carbons (Fsp3) is 0.0294. The topological polar surface area (TPSA) is 43.4 Å². The van der Waals surface area contributed by atoms with Gasteiger partial charge in [0.25, 0.3) is 0 Å². The number of anilines is 6. The van der Waals surface area contributed by atoms with Crippen molar-refractivity contribution in [1.29, 1.82) is 0 Å². The maximum atomic E-state index is 6.75. The molecule has 0 saturated carbocycles. The molecule has 0 saturated heterocycles. The number of ether oxygens (including phenoxy) is 4. The Labute approximate surface area is 824 Å². The number of rotatable bonds is 10. The first kappa shape index (κ1) is 80.9. The van der Waals surface area contributed by atoms with Gasteiger partial charge in [-0.15, -0.1) is 0 Å². The Morgan fingerprint density at radius 3 is 0.655 bits per heavy atom. The summed E-state index contributed by atoms with van der Waals surface area (Å²) in [5, 5.41) is 0. The minimum absolute atomic E-state index is 0.588. The van der Waals surface area contributed by atoms with Crippen LogP contribution in [0.4, 0.5) is 34.1 Å². The summed E-state index contributed by atoms with van der Waals surface area (Å²) in [6.07, 6.45) is 0. The van der Waals surface area contributed by atoms with E-state index < -0.39 is 21.7 Å². The van der Waals surface area contributed by atoms with Crippen LogP contribution in [0.5, 0.6) is 46.0 Å². The second-order valence-corrected chi connectivity index (χ2v) is 38.1. The number of fused-ring (bicyclic) bond motifs is 36. The van der Waals surface area contributed by atoms with Gasteiger partial charge in [0.05, 0.1) is 33.0 Å². The standard InChI is InChI=1S/2C68H43NO2/c1-2-19-44(20-3-1)45-21-18-22-47(41-45)69(48-38-40-53-51-25-5-8-27-55(51)68(61(53)43-48)58-30-11-16-35-65(58)71-66-36-17-12-31-59(66)68)62-32-13-6-23-49(62)46-37-39-52-50-24-4-7-26-54(50)67(60(52)42-46)56-28-9-14-33-63(56)70-64-34-15-10-29-57(64)67;1-2-18-44(19-3-1)45-34-37-47(38-35-45)69(48-39-41-53-51-22-5-8-24-55(51)68(61(53)43-48)58-27-11-16-32-65(58)71-66-33-17-12-28-59(66)68)62-29-13-6-20-49(62)46-36-40-52-50-21-4-7-23-54(50)67(60(52)42-46)56-25-9-14-30-63(56)70-64-31-15-10-26-57(64)67/h2*1-43H. The van der Waals surface area contributed by atoms with Gasteiger partial charge in [0, 0.05) is 78.4 Å². The van der Waals surface area contributed by atoms with E-state index in [1.165, 1.54) is 106 Å². The van der Waals surface area contributed by atoms with Crippen molar-refractivity contribution in [2.24, 2.45) is 0 Å². The molecule has 30 rings (SSSR count). The van der Waals surface area contributed by atoms with Crippen LogP contribution in [0.25, 0.3) is 89.0 Å². The summed E-state index contributed by atoms with van der Waals surface area (Å²) in [4.78, 5) is 4.95. The van der Waals surface area contributed by atoms with Crippen molar-refractivity contribution in [3.05, 3.63) is 611 Å². The number of benzene rings is 22. The summed E-state index contributed by atoms with van der Waals surface area (Å²) in [6.45, 7) is 0. The Balaban J connectivity index is 0.000000136. The lowest BCUT2D eigenvalue weighted by Gasteiger charge is -2.40. The second kappa shape index (κ2) is 31.6. The van der Waals surface area contributed by atoms with E-state index in [-0.39, 0.29) is 0 Å². The molecule has 4 aliphatic carbocycles. The van der Waals surface area contributed by atoms with E-state index in [1.807, 2.05) is 0 Å². The molecule has 6 heteroatoms. The summed E-state index contributed by atoms with van der Waals surface area (Å²) in [7, 11) is 0. The van der Waals surface area contributed by atoms with Crippen molar-refractivity contribution in [1.82, 2.24) is 0 Å². The normalized spacial score (nSPS) is 14.1. The Morgan fingerprint density at radius 2 is 0.331 bits per heavy atom. The van der Waals surface area contributed by atoms with E-state index in [9.17, 15) is 0 Å². The molecule has 664 valence electrons. The highest BCUT2D eigenvalue weighted by Crippen LogP contribution is 2.69. The molecule has 0 fully saturated rings. The van der Waals surface area contributed by atoms with E-state index in [0.717, 1.165) is 152 Å². The predicted octanol–water partition coefficient (Wildman–Crippen LogP) is 34.9. The van der Waals surface area contributed by atoms with Crippen LogP contribution >= 0.6 is 0 Å². The van der Waals surface area contributed by atoms with Crippen LogP contribution in [0.15, 0.2) is 522 Å². The first-order valence-corrected chi connectivity index (χ1v) is 49.0. The molecule has 4 spiro atoms. The zero-order valence-corrected chi connectivity index (χ0v) is 77.2. The maximum absolute atomic E-state index is 6.75. The molecule has 22 aromatic carbocycles. The fourth-order valence-electron chi connectivity index (χ4n) is 25.6. The molecule has 8 aliphatic rings. The van der Waals surface area contributed by atoms with Crippen molar-refractivity contribution in [2.75, 3.05) is 9.80 Å². The van der Waals surface area contributed by atoms with Gasteiger partial charge in [0.15, 0.2) is 0 Å². The Bertz CT molecular complexity index is 8800. The summed E-state index contributed by atoms with van der Waals surface area (Å²) >= 11 is 0. The van der Waals surface area contributed by atoms with Crippen LogP contribution in [0.3, 0.4) is 0 Å². The van der Waals surface area contributed by atoms with Crippen LogP contribution < -0.4 is 28.7 Å². The molecule has 6 nitrogen and oxygen atoms in total. The molecule has 4 aliphatic heterocycles. The maximum Gasteiger partial charge on any atom is 0.132 e. The van der Waals surface area contributed by atoms with E-state index in [4.69, 9.17) is 18.9 Å². The molecule has 0 radical (unpaired) electrons. The summed E-state index contributed by atoms with van der Waals surface area (Å²) in [5.41, 5.74) is 42.3. The summed E-state index contributed by atoms with van der Waals surface area (Å²) in [5.74, 6) is 7.05. The Hall–Kier alpha value is -18.4. The van der Waals surface area contributed by atoms with Crippen molar-refractivity contribution in [3.63, 3.8) is 0 Å². The molecule has 0 N–H and O–H groups in total. The highest BCUT2D eigenvalue weighted by molar-refractivity contribution is 6.00. The third-order valence-corrected chi connectivity index (χ3v) is 31.2. The van der Waals surface area contributed by atoms with Gasteiger partial charge in [-0.25, -0.2) is 0 Å². The molecule has 0 bridgehead atoms. The van der Waals surface area contributed by atoms with E-state index >= 15 is 0 Å². The first-order chi connectivity index (χ1) is 70.4. The lowest BCUT2D eigenvalue weighted by atomic mass is 9.66. The van der Waals surface area contributed by atoms with Crippen LogP contribution in [0.2, 0.25) is 0 Å². The molecule has 4 heterocycles. The van der Waals surface area contributed by atoms with Gasteiger partial charge in [0.1, 0.15) is 46.0 Å². The highest BCUT2D eigenvalue weighted by atomic mass is 16.5. The number of nitrogens with zero attached hydrogens (tertiary/aromatic N) is 2. The zero-order valence-electron chi connectivity index (χ0n) is 77.2. The second-order valence-electron chi connectivity index (χ2n) is 38.1. The molecule has 0 amide bonds. The third kappa shape index (κ3) is 11.5. The first-order valence-electron chi connectivity index (χ1n) is 49.0. The van der Waals surface area contributed by atoms with Gasteiger partial charge in [-0.2, -0.15) is 0 Å². The lowest BCUT2D eigenvalue weighted by molar-refractivity contribution is 0.436. The minimum Gasteiger partial charge on any atom is -0.457 e. The van der Waals surface area contributed by atoms with Crippen molar-refractivity contribution in [3.8, 4) is 135 Å². The monoisotopic (exact) mass is 1810 g/mol. The Morgan fingerprint density at radius 1 is 0.120 bits per heavy atom. The van der Waals surface area contributed by atoms with Crippen molar-refractivity contribution in [2.45, 2.75) is 21.7 Å². The van der Waals surface area contributed by atoms with Crippen molar-refractivity contribution < 1.29 is 18.9 Å². The largest absolute Gasteiger partial charge is 0.457 e. The molecular weight excluding hydrogens is 1730 g/mol. The summed E-state index contributed by atoms with van der Waals surface area (Å²) < 4.78 is 26.9. The van der Waals surface area contributed by atoms with Gasteiger partial charge >= 0.3 is 0 Å². The van der Waals surface area contributed by atoms with Gasteiger partial charge in [-0.1, -0.05) is 400 Å². The van der Waals surface area contributed by atoms with Gasteiger partial charge < -0.3 is 28.7 Å². The lowest BCUT2D eigenvalue weighted by Crippen LogP contribution is -2.32. The predicted molar refractivity (Wildman–Crippen MR) is 574 cm³/mol. The number of hydrogen-bond donors (Lipinski definition) is 0. The van der Waals surface area contributed by atoms with E-state index in [1.54, 1.807) is 0 Å². The smallest absolute Gasteiger partial charge is 0.132 e. The van der Waals surface area contributed by atoms with Crippen molar-refractivity contribution >= 4 is 34.1 Å². The van der Waals surface area contributed by atoms with Gasteiger partial charge in [0.2, 0.25) is 0 Å². The summed E-state index contributed by atoms with van der Waals surface area (Å²) in [6, 6.07) is 190. The minimum atomic E-state index is -0.621. The zero-order chi connectivity index (χ0) is 93.4. The SMILES string of the molecule is c1ccc(-c2ccc(N(c3ccc4c(c3)C3(c5ccccc5Oc5ccccc53)c3ccccc3-4)c3ccccc3-c3ccc4c(c3)C3(c5ccccc5Oc5ccccc53)c3ccccc3-4)cc2)cc1.c1ccc(-c2cccc(N(c3ccc4c(c3)C3(c5ccccc5Oc5ccccc53)c3ccccc3-4)c3ccccc3-c3ccc4c(c3)C3(c5ccccc5Oc5ccccc53)c3ccccc3-4)c2)cc1.